The fraction of sp³-hybridized carbons (Fsp3) is 0.500. The first-order chi connectivity index (χ1) is 8.19. The summed E-state index contributed by atoms with van der Waals surface area (Å²) in [5, 5.41) is 0. The van der Waals surface area contributed by atoms with E-state index in [4.69, 9.17) is 4.74 Å². The summed E-state index contributed by atoms with van der Waals surface area (Å²) in [4.78, 5) is 14.1. The first-order valence-electron chi connectivity index (χ1n) is 6.22. The molecular formula is C14H19NO2. The quantitative estimate of drug-likeness (QED) is 0.803. The van der Waals surface area contributed by atoms with Crippen LogP contribution in [-0.2, 0) is 9.53 Å². The molecule has 0 N–H and O–H groups in total. The second-order valence-corrected chi connectivity index (χ2v) is 4.30. The summed E-state index contributed by atoms with van der Waals surface area (Å²) in [5.74, 6) is 0.0757. The molecule has 0 aromatic heterocycles. The van der Waals surface area contributed by atoms with Crippen LogP contribution in [0, 0.1) is 0 Å². The Morgan fingerprint density at radius 2 is 1.82 bits per heavy atom. The van der Waals surface area contributed by atoms with Crippen LogP contribution in [0.3, 0.4) is 0 Å². The van der Waals surface area contributed by atoms with Gasteiger partial charge in [0.15, 0.2) is 6.10 Å². The summed E-state index contributed by atoms with van der Waals surface area (Å²) in [5.41, 5.74) is 2.16. The lowest BCUT2D eigenvalue weighted by molar-refractivity contribution is -0.145. The van der Waals surface area contributed by atoms with Crippen molar-refractivity contribution in [1.29, 1.82) is 0 Å². The van der Waals surface area contributed by atoms with Crippen LogP contribution in [0.5, 0.6) is 0 Å². The lowest BCUT2D eigenvalue weighted by Crippen LogP contribution is -2.34. The molecule has 0 saturated carbocycles. The van der Waals surface area contributed by atoms with Crippen molar-refractivity contribution >= 4 is 5.91 Å². The maximum Gasteiger partial charge on any atom is 0.256 e. The van der Waals surface area contributed by atoms with E-state index in [0.717, 1.165) is 24.2 Å². The average molecular weight is 233 g/mol. The van der Waals surface area contributed by atoms with E-state index in [2.05, 4.69) is 0 Å². The zero-order chi connectivity index (χ0) is 12.4. The second-order valence-electron chi connectivity index (χ2n) is 4.30. The van der Waals surface area contributed by atoms with Crippen molar-refractivity contribution in [2.24, 2.45) is 0 Å². The number of amides is 1. The molecule has 0 saturated heterocycles. The summed E-state index contributed by atoms with van der Waals surface area (Å²) < 4.78 is 5.79. The summed E-state index contributed by atoms with van der Waals surface area (Å²) in [6, 6.07) is 7.98. The lowest BCUT2D eigenvalue weighted by Gasteiger charge is -2.22. The third kappa shape index (κ3) is 2.07. The molecule has 0 unspecified atom stereocenters. The molecule has 0 bridgehead atoms. The highest BCUT2D eigenvalue weighted by Crippen LogP contribution is 2.39. The molecule has 0 radical (unpaired) electrons. The van der Waals surface area contributed by atoms with Crippen LogP contribution in [-0.4, -0.2) is 23.9 Å². The predicted molar refractivity (Wildman–Crippen MR) is 66.6 cm³/mol. The van der Waals surface area contributed by atoms with Crippen molar-refractivity contribution < 1.29 is 9.53 Å². The van der Waals surface area contributed by atoms with Crippen molar-refractivity contribution in [3.05, 3.63) is 35.4 Å². The van der Waals surface area contributed by atoms with Crippen molar-refractivity contribution in [3.8, 4) is 0 Å². The fourth-order valence-electron chi connectivity index (χ4n) is 2.36. The summed E-state index contributed by atoms with van der Waals surface area (Å²) in [6.45, 7) is 7.43. The third-order valence-corrected chi connectivity index (χ3v) is 3.36. The van der Waals surface area contributed by atoms with Gasteiger partial charge < -0.3 is 9.64 Å². The van der Waals surface area contributed by atoms with Gasteiger partial charge in [-0.3, -0.25) is 4.79 Å². The predicted octanol–water partition coefficient (Wildman–Crippen LogP) is 2.69. The van der Waals surface area contributed by atoms with Gasteiger partial charge in [-0.25, -0.2) is 0 Å². The van der Waals surface area contributed by atoms with Gasteiger partial charge in [-0.05, 0) is 31.9 Å². The largest absolute Gasteiger partial charge is 0.356 e. The van der Waals surface area contributed by atoms with Crippen LogP contribution < -0.4 is 0 Å². The number of hydrogen-bond donors (Lipinski definition) is 0. The van der Waals surface area contributed by atoms with Gasteiger partial charge in [0.2, 0.25) is 0 Å². The average Bonchev–Trinajstić information content (AvgIpc) is 2.69. The molecule has 0 fully saturated rings. The summed E-state index contributed by atoms with van der Waals surface area (Å²) in [7, 11) is 0. The first kappa shape index (κ1) is 12.1. The Balaban J connectivity index is 2.28. The molecule has 1 aliphatic rings. The molecular weight excluding hydrogens is 214 g/mol. The molecule has 1 heterocycles. The van der Waals surface area contributed by atoms with E-state index >= 15 is 0 Å². The Hall–Kier alpha value is -1.35. The Labute approximate surface area is 102 Å². The van der Waals surface area contributed by atoms with E-state index in [-0.39, 0.29) is 12.0 Å². The SMILES string of the molecule is CCN(CC)C(=O)[C@@H]1O[C@@H](C)c2ccccc21. The number of fused-ring (bicyclic) bond motifs is 1. The van der Waals surface area contributed by atoms with Gasteiger partial charge >= 0.3 is 0 Å². The van der Waals surface area contributed by atoms with Gasteiger partial charge in [-0.1, -0.05) is 24.3 Å². The zero-order valence-corrected chi connectivity index (χ0v) is 10.6. The molecule has 1 aliphatic heterocycles. The number of ether oxygens (including phenoxy) is 1. The van der Waals surface area contributed by atoms with Crippen LogP contribution >= 0.6 is 0 Å². The number of likely N-dealkylation sites (N-methyl/N-ethyl adjacent to an activating group) is 1. The number of benzene rings is 1. The van der Waals surface area contributed by atoms with Gasteiger partial charge in [-0.15, -0.1) is 0 Å². The molecule has 1 aromatic carbocycles. The normalized spacial score (nSPS) is 22.3. The van der Waals surface area contributed by atoms with Gasteiger partial charge in [0.1, 0.15) is 0 Å². The minimum atomic E-state index is -0.416. The number of carbonyl (C=O) groups is 1. The van der Waals surface area contributed by atoms with E-state index < -0.39 is 6.10 Å². The van der Waals surface area contributed by atoms with E-state index in [1.807, 2.05) is 49.9 Å². The summed E-state index contributed by atoms with van der Waals surface area (Å²) in [6.07, 6.45) is -0.406. The maximum atomic E-state index is 12.3. The zero-order valence-electron chi connectivity index (χ0n) is 10.6. The van der Waals surface area contributed by atoms with Crippen LogP contribution in [0.4, 0.5) is 0 Å². The molecule has 3 heteroatoms. The molecule has 17 heavy (non-hydrogen) atoms. The number of hydrogen-bond acceptors (Lipinski definition) is 2. The molecule has 0 aliphatic carbocycles. The topological polar surface area (TPSA) is 29.5 Å². The van der Waals surface area contributed by atoms with Crippen molar-refractivity contribution in [1.82, 2.24) is 4.90 Å². The number of carbonyl (C=O) groups excluding carboxylic acids is 1. The van der Waals surface area contributed by atoms with Crippen LogP contribution in [0.25, 0.3) is 0 Å². The van der Waals surface area contributed by atoms with Gasteiger partial charge in [0.25, 0.3) is 5.91 Å². The third-order valence-electron chi connectivity index (χ3n) is 3.36. The minimum absolute atomic E-state index is 0.00992. The highest BCUT2D eigenvalue weighted by Gasteiger charge is 2.35. The Morgan fingerprint density at radius 3 is 2.41 bits per heavy atom. The number of nitrogens with zero attached hydrogens (tertiary/aromatic N) is 1. The monoisotopic (exact) mass is 233 g/mol. The molecule has 1 amide bonds. The van der Waals surface area contributed by atoms with E-state index in [1.165, 1.54) is 0 Å². The minimum Gasteiger partial charge on any atom is -0.356 e. The fourth-order valence-corrected chi connectivity index (χ4v) is 2.36. The molecule has 3 nitrogen and oxygen atoms in total. The van der Waals surface area contributed by atoms with Crippen molar-refractivity contribution in [2.75, 3.05) is 13.1 Å². The number of rotatable bonds is 3. The maximum absolute atomic E-state index is 12.3. The summed E-state index contributed by atoms with van der Waals surface area (Å²) >= 11 is 0. The molecule has 2 rings (SSSR count). The Bertz CT molecular complexity index is 412. The first-order valence-corrected chi connectivity index (χ1v) is 6.22. The van der Waals surface area contributed by atoms with Crippen molar-refractivity contribution in [2.45, 2.75) is 33.0 Å². The highest BCUT2D eigenvalue weighted by atomic mass is 16.5. The van der Waals surface area contributed by atoms with E-state index in [9.17, 15) is 4.79 Å². The second kappa shape index (κ2) is 4.88. The Morgan fingerprint density at radius 1 is 1.24 bits per heavy atom. The Kier molecular flexibility index (Phi) is 3.48. The highest BCUT2D eigenvalue weighted by molar-refractivity contribution is 5.83. The standard InChI is InChI=1S/C14H19NO2/c1-4-15(5-2)14(16)13-12-9-7-6-8-11(12)10(3)17-13/h6-10,13H,4-5H2,1-3H3/t10-,13+/m0/s1. The van der Waals surface area contributed by atoms with Crippen LogP contribution in [0.1, 0.15) is 44.1 Å². The van der Waals surface area contributed by atoms with Gasteiger partial charge in [0, 0.05) is 13.1 Å². The van der Waals surface area contributed by atoms with Crippen molar-refractivity contribution in [3.63, 3.8) is 0 Å². The smallest absolute Gasteiger partial charge is 0.256 e. The molecule has 1 aromatic rings. The van der Waals surface area contributed by atoms with E-state index in [1.54, 1.807) is 0 Å². The van der Waals surface area contributed by atoms with Crippen LogP contribution in [0.2, 0.25) is 0 Å². The van der Waals surface area contributed by atoms with Crippen LogP contribution in [0.15, 0.2) is 24.3 Å². The lowest BCUT2D eigenvalue weighted by atomic mass is 10.0. The van der Waals surface area contributed by atoms with Gasteiger partial charge in [0.05, 0.1) is 6.10 Å². The molecule has 2 atom stereocenters. The van der Waals surface area contributed by atoms with Gasteiger partial charge in [-0.2, -0.15) is 0 Å². The van der Waals surface area contributed by atoms with E-state index in [0.29, 0.717) is 0 Å². The molecule has 0 spiro atoms. The molecule has 92 valence electrons.